The quantitative estimate of drug-likeness (QED) is 0.690. The molecule has 0 N–H and O–H groups in total. The first-order chi connectivity index (χ1) is 9.72. The number of hydrogen-bond donors (Lipinski definition) is 0. The van der Waals surface area contributed by atoms with Crippen LogP contribution in [-0.4, -0.2) is 24.9 Å². The first kappa shape index (κ1) is 13.1. The fourth-order valence-electron chi connectivity index (χ4n) is 1.55. The Morgan fingerprint density at radius 1 is 1.30 bits per heavy atom. The van der Waals surface area contributed by atoms with Crippen LogP contribution in [0.25, 0.3) is 11.5 Å². The standard InChI is InChI=1S/C12H10ClN5OS/c1-18-7-14-16-12(18)20-6-10-15-11(19-17-10)8-2-4-9(13)5-3-8/h2-5,7H,6H2,1H3. The van der Waals surface area contributed by atoms with Crippen LogP contribution in [0.5, 0.6) is 0 Å². The van der Waals surface area contributed by atoms with E-state index in [2.05, 4.69) is 20.3 Å². The number of rotatable bonds is 4. The van der Waals surface area contributed by atoms with E-state index < -0.39 is 0 Å². The summed E-state index contributed by atoms with van der Waals surface area (Å²) < 4.78 is 7.07. The van der Waals surface area contributed by atoms with E-state index in [9.17, 15) is 0 Å². The number of halogens is 1. The molecule has 2 heterocycles. The van der Waals surface area contributed by atoms with Crippen molar-refractivity contribution in [3.63, 3.8) is 0 Å². The topological polar surface area (TPSA) is 69.6 Å². The number of hydrogen-bond acceptors (Lipinski definition) is 6. The number of benzene rings is 1. The lowest BCUT2D eigenvalue weighted by atomic mass is 10.2. The van der Waals surface area contributed by atoms with Crippen molar-refractivity contribution in [3.05, 3.63) is 41.4 Å². The van der Waals surface area contributed by atoms with Gasteiger partial charge in [-0.05, 0) is 24.3 Å². The van der Waals surface area contributed by atoms with E-state index in [-0.39, 0.29) is 0 Å². The minimum atomic E-state index is 0.482. The zero-order chi connectivity index (χ0) is 13.9. The molecule has 0 radical (unpaired) electrons. The van der Waals surface area contributed by atoms with Crippen LogP contribution in [0.15, 0.2) is 40.3 Å². The third-order valence-electron chi connectivity index (χ3n) is 2.56. The number of aromatic nitrogens is 5. The molecule has 8 heteroatoms. The third kappa shape index (κ3) is 2.83. The summed E-state index contributed by atoms with van der Waals surface area (Å²) in [6.45, 7) is 0. The van der Waals surface area contributed by atoms with Gasteiger partial charge in [0.25, 0.3) is 5.89 Å². The molecule has 2 aromatic heterocycles. The Balaban J connectivity index is 1.71. The summed E-state index contributed by atoms with van der Waals surface area (Å²) >= 11 is 7.34. The number of thioether (sulfide) groups is 1. The normalized spacial score (nSPS) is 10.9. The van der Waals surface area contributed by atoms with Crippen molar-refractivity contribution in [2.45, 2.75) is 10.9 Å². The predicted octanol–water partition coefficient (Wildman–Crippen LogP) is 2.81. The average molecular weight is 308 g/mol. The number of nitrogens with zero attached hydrogens (tertiary/aromatic N) is 5. The Labute approximate surface area is 124 Å². The minimum absolute atomic E-state index is 0.482. The predicted molar refractivity (Wildman–Crippen MR) is 75.3 cm³/mol. The molecule has 0 fully saturated rings. The molecule has 3 aromatic rings. The summed E-state index contributed by atoms with van der Waals surface area (Å²) in [6, 6.07) is 7.26. The molecular formula is C12H10ClN5OS. The maximum atomic E-state index is 5.84. The summed E-state index contributed by atoms with van der Waals surface area (Å²) in [5.74, 6) is 1.67. The van der Waals surface area contributed by atoms with Crippen LogP contribution in [0.3, 0.4) is 0 Å². The lowest BCUT2D eigenvalue weighted by Crippen LogP contribution is -1.91. The largest absolute Gasteiger partial charge is 0.334 e. The van der Waals surface area contributed by atoms with Gasteiger partial charge in [-0.15, -0.1) is 10.2 Å². The maximum Gasteiger partial charge on any atom is 0.257 e. The van der Waals surface area contributed by atoms with Gasteiger partial charge >= 0.3 is 0 Å². The molecule has 0 atom stereocenters. The summed E-state index contributed by atoms with van der Waals surface area (Å²) in [4.78, 5) is 4.34. The second-order valence-corrected chi connectivity index (χ2v) is 5.41. The maximum absolute atomic E-state index is 5.84. The van der Waals surface area contributed by atoms with Crippen molar-refractivity contribution < 1.29 is 4.52 Å². The molecule has 0 aliphatic heterocycles. The molecule has 0 amide bonds. The highest BCUT2D eigenvalue weighted by molar-refractivity contribution is 7.98. The van der Waals surface area contributed by atoms with Gasteiger partial charge in [-0.25, -0.2) is 0 Å². The highest BCUT2D eigenvalue weighted by atomic mass is 35.5. The monoisotopic (exact) mass is 307 g/mol. The molecule has 0 spiro atoms. The van der Waals surface area contributed by atoms with Gasteiger partial charge in [-0.3, -0.25) is 0 Å². The van der Waals surface area contributed by atoms with E-state index in [1.165, 1.54) is 11.8 Å². The zero-order valence-corrected chi connectivity index (χ0v) is 12.1. The minimum Gasteiger partial charge on any atom is -0.334 e. The van der Waals surface area contributed by atoms with Crippen LogP contribution >= 0.6 is 23.4 Å². The van der Waals surface area contributed by atoms with Gasteiger partial charge in [0.15, 0.2) is 11.0 Å². The van der Waals surface area contributed by atoms with Gasteiger partial charge in [-0.2, -0.15) is 4.98 Å². The van der Waals surface area contributed by atoms with Gasteiger partial charge in [0.1, 0.15) is 6.33 Å². The fourth-order valence-corrected chi connectivity index (χ4v) is 2.41. The second kappa shape index (κ2) is 5.64. The highest BCUT2D eigenvalue weighted by Crippen LogP contribution is 2.22. The molecule has 20 heavy (non-hydrogen) atoms. The summed E-state index contributed by atoms with van der Waals surface area (Å²) in [6.07, 6.45) is 1.65. The Hall–Kier alpha value is -1.86. The van der Waals surface area contributed by atoms with E-state index in [0.29, 0.717) is 22.5 Å². The Morgan fingerprint density at radius 2 is 2.10 bits per heavy atom. The van der Waals surface area contributed by atoms with Gasteiger partial charge in [0, 0.05) is 17.6 Å². The van der Waals surface area contributed by atoms with Crippen LogP contribution < -0.4 is 0 Å². The van der Waals surface area contributed by atoms with E-state index in [1.807, 2.05) is 23.7 Å². The summed E-state index contributed by atoms with van der Waals surface area (Å²) in [5.41, 5.74) is 0.844. The molecule has 0 aliphatic rings. The SMILES string of the molecule is Cn1cnnc1SCc1noc(-c2ccc(Cl)cc2)n1. The van der Waals surface area contributed by atoms with Crippen molar-refractivity contribution in [2.75, 3.05) is 0 Å². The number of aryl methyl sites for hydroxylation is 1. The lowest BCUT2D eigenvalue weighted by molar-refractivity contribution is 0.425. The van der Waals surface area contributed by atoms with E-state index in [0.717, 1.165) is 10.7 Å². The summed E-state index contributed by atoms with van der Waals surface area (Å²) in [7, 11) is 1.89. The molecule has 0 bridgehead atoms. The van der Waals surface area contributed by atoms with Gasteiger partial charge in [0.2, 0.25) is 0 Å². The van der Waals surface area contributed by atoms with Crippen LogP contribution in [0.2, 0.25) is 5.02 Å². The second-order valence-electron chi connectivity index (χ2n) is 4.04. The van der Waals surface area contributed by atoms with Crippen molar-refractivity contribution in [1.82, 2.24) is 24.9 Å². The lowest BCUT2D eigenvalue weighted by Gasteiger charge is -1.95. The van der Waals surface area contributed by atoms with Crippen molar-refractivity contribution in [3.8, 4) is 11.5 Å². The van der Waals surface area contributed by atoms with Crippen molar-refractivity contribution >= 4 is 23.4 Å². The Morgan fingerprint density at radius 3 is 2.80 bits per heavy atom. The van der Waals surface area contributed by atoms with Crippen molar-refractivity contribution in [2.24, 2.45) is 7.05 Å². The molecular weight excluding hydrogens is 298 g/mol. The first-order valence-electron chi connectivity index (χ1n) is 5.78. The van der Waals surface area contributed by atoms with E-state index >= 15 is 0 Å². The Bertz CT molecular complexity index is 709. The van der Waals surface area contributed by atoms with Crippen LogP contribution in [-0.2, 0) is 12.8 Å². The van der Waals surface area contributed by atoms with E-state index in [4.69, 9.17) is 16.1 Å². The molecule has 3 rings (SSSR count). The van der Waals surface area contributed by atoms with Gasteiger partial charge < -0.3 is 9.09 Å². The third-order valence-corrected chi connectivity index (χ3v) is 3.84. The first-order valence-corrected chi connectivity index (χ1v) is 7.14. The molecule has 0 saturated heterocycles. The summed E-state index contributed by atoms with van der Waals surface area (Å²) in [5, 5.41) is 13.2. The zero-order valence-electron chi connectivity index (χ0n) is 10.5. The smallest absolute Gasteiger partial charge is 0.257 e. The molecule has 6 nitrogen and oxygen atoms in total. The average Bonchev–Trinajstić information content (AvgIpc) is 3.06. The van der Waals surface area contributed by atoms with Gasteiger partial charge in [0.05, 0.1) is 5.75 Å². The molecule has 0 unspecified atom stereocenters. The Kier molecular flexibility index (Phi) is 3.70. The van der Waals surface area contributed by atoms with Crippen molar-refractivity contribution in [1.29, 1.82) is 0 Å². The molecule has 0 aliphatic carbocycles. The van der Waals surface area contributed by atoms with E-state index in [1.54, 1.807) is 18.5 Å². The molecule has 0 saturated carbocycles. The highest BCUT2D eigenvalue weighted by Gasteiger charge is 2.10. The van der Waals surface area contributed by atoms with Crippen LogP contribution in [0.4, 0.5) is 0 Å². The fraction of sp³-hybridized carbons (Fsp3) is 0.167. The molecule has 102 valence electrons. The van der Waals surface area contributed by atoms with Gasteiger partial charge in [-0.1, -0.05) is 28.5 Å². The van der Waals surface area contributed by atoms with Crippen LogP contribution in [0.1, 0.15) is 5.82 Å². The molecule has 1 aromatic carbocycles. The van der Waals surface area contributed by atoms with Crippen LogP contribution in [0, 0.1) is 0 Å².